The predicted octanol–water partition coefficient (Wildman–Crippen LogP) is 3.56. The molecule has 2 aromatic carbocycles. The first kappa shape index (κ1) is 16.7. The summed E-state index contributed by atoms with van der Waals surface area (Å²) in [5, 5.41) is 0. The molecule has 0 saturated heterocycles. The highest BCUT2D eigenvalue weighted by Gasteiger charge is 2.26. The molecule has 5 heteroatoms. The number of rotatable bonds is 5. The summed E-state index contributed by atoms with van der Waals surface area (Å²) < 4.78 is 32.4. The van der Waals surface area contributed by atoms with E-state index in [9.17, 15) is 8.42 Å². The van der Waals surface area contributed by atoms with Gasteiger partial charge in [0, 0.05) is 13.1 Å². The van der Waals surface area contributed by atoms with Crippen LogP contribution in [0.3, 0.4) is 0 Å². The van der Waals surface area contributed by atoms with E-state index in [-0.39, 0.29) is 0 Å². The molecule has 0 bridgehead atoms. The maximum absolute atomic E-state index is 12.8. The largest absolute Gasteiger partial charge is 0.494 e. The topological polar surface area (TPSA) is 46.6 Å². The summed E-state index contributed by atoms with van der Waals surface area (Å²) in [4.78, 5) is 0.308. The van der Waals surface area contributed by atoms with Crippen LogP contribution in [0.2, 0.25) is 0 Å². The van der Waals surface area contributed by atoms with Crippen LogP contribution in [-0.2, 0) is 10.0 Å². The Hall–Kier alpha value is -2.11. The Balaban J connectivity index is 1.76. The molecule has 0 saturated carbocycles. The molecule has 0 radical (unpaired) electrons. The third-order valence-electron chi connectivity index (χ3n) is 4.09. The maximum Gasteiger partial charge on any atom is 0.243 e. The van der Waals surface area contributed by atoms with Crippen molar-refractivity contribution in [3.05, 3.63) is 66.2 Å². The summed E-state index contributed by atoms with van der Waals surface area (Å²) in [5.74, 6) is 0.682. The van der Waals surface area contributed by atoms with E-state index in [4.69, 9.17) is 4.74 Å². The summed E-state index contributed by atoms with van der Waals surface area (Å²) in [7, 11) is -3.47. The highest BCUT2D eigenvalue weighted by molar-refractivity contribution is 7.89. The molecular formula is C19H21NO3S. The van der Waals surface area contributed by atoms with Gasteiger partial charge in [0.2, 0.25) is 10.0 Å². The Morgan fingerprint density at radius 3 is 2.33 bits per heavy atom. The highest BCUT2D eigenvalue weighted by Crippen LogP contribution is 2.26. The van der Waals surface area contributed by atoms with Gasteiger partial charge in [-0.2, -0.15) is 4.31 Å². The maximum atomic E-state index is 12.8. The van der Waals surface area contributed by atoms with Crippen LogP contribution < -0.4 is 4.74 Å². The van der Waals surface area contributed by atoms with Gasteiger partial charge in [0.1, 0.15) is 5.75 Å². The fourth-order valence-corrected chi connectivity index (χ4v) is 4.19. The van der Waals surface area contributed by atoms with Gasteiger partial charge >= 0.3 is 0 Å². The van der Waals surface area contributed by atoms with E-state index in [1.54, 1.807) is 24.3 Å². The van der Waals surface area contributed by atoms with Crippen molar-refractivity contribution >= 4 is 15.6 Å². The summed E-state index contributed by atoms with van der Waals surface area (Å²) in [6, 6.07) is 16.7. The third kappa shape index (κ3) is 3.52. The zero-order valence-electron chi connectivity index (χ0n) is 13.7. The molecule has 2 aromatic rings. The van der Waals surface area contributed by atoms with E-state index in [1.807, 2.05) is 31.2 Å². The minimum Gasteiger partial charge on any atom is -0.494 e. The molecule has 1 aliphatic heterocycles. The van der Waals surface area contributed by atoms with Gasteiger partial charge in [-0.1, -0.05) is 36.4 Å². The molecule has 0 fully saturated rings. The van der Waals surface area contributed by atoms with Crippen molar-refractivity contribution in [1.29, 1.82) is 0 Å². The second kappa shape index (κ2) is 7.20. The first-order valence-electron chi connectivity index (χ1n) is 8.08. The molecule has 0 N–H and O–H groups in total. The van der Waals surface area contributed by atoms with Crippen LogP contribution >= 0.6 is 0 Å². The molecule has 3 rings (SSSR count). The van der Waals surface area contributed by atoms with Gasteiger partial charge < -0.3 is 4.74 Å². The minimum atomic E-state index is -3.47. The van der Waals surface area contributed by atoms with Gasteiger partial charge in [-0.15, -0.1) is 0 Å². The van der Waals surface area contributed by atoms with Gasteiger partial charge in [-0.05, 0) is 48.7 Å². The van der Waals surface area contributed by atoms with Gasteiger partial charge in [0.25, 0.3) is 0 Å². The fourth-order valence-electron chi connectivity index (χ4n) is 2.81. The van der Waals surface area contributed by atoms with Crippen LogP contribution in [-0.4, -0.2) is 32.4 Å². The lowest BCUT2D eigenvalue weighted by atomic mass is 10.0. The molecule has 1 aliphatic rings. The lowest BCUT2D eigenvalue weighted by Crippen LogP contribution is -2.34. The smallest absolute Gasteiger partial charge is 0.243 e. The Kier molecular flexibility index (Phi) is 5.02. The van der Waals surface area contributed by atoms with Crippen molar-refractivity contribution in [2.45, 2.75) is 18.2 Å². The minimum absolute atomic E-state index is 0.308. The highest BCUT2D eigenvalue weighted by atomic mass is 32.2. The Labute approximate surface area is 143 Å². The molecule has 0 aromatic heterocycles. The zero-order chi connectivity index (χ0) is 17.0. The number of sulfonamides is 1. The molecule has 4 nitrogen and oxygen atoms in total. The average Bonchev–Trinajstić information content (AvgIpc) is 2.63. The van der Waals surface area contributed by atoms with E-state index >= 15 is 0 Å². The quantitative estimate of drug-likeness (QED) is 0.834. The van der Waals surface area contributed by atoms with Gasteiger partial charge in [0.15, 0.2) is 0 Å². The summed E-state index contributed by atoms with van der Waals surface area (Å²) >= 11 is 0. The van der Waals surface area contributed by atoms with Crippen molar-refractivity contribution in [2.24, 2.45) is 0 Å². The van der Waals surface area contributed by atoms with E-state index in [0.29, 0.717) is 30.3 Å². The molecule has 1 heterocycles. The van der Waals surface area contributed by atoms with Crippen molar-refractivity contribution in [3.8, 4) is 5.75 Å². The second-order valence-corrected chi connectivity index (χ2v) is 7.55. The lowest BCUT2D eigenvalue weighted by Gasteiger charge is -2.26. The molecular weight excluding hydrogens is 322 g/mol. The fraction of sp³-hybridized carbons (Fsp3) is 0.263. The molecule has 0 amide bonds. The van der Waals surface area contributed by atoms with Crippen LogP contribution in [0.5, 0.6) is 5.75 Å². The van der Waals surface area contributed by atoms with Crippen molar-refractivity contribution in [1.82, 2.24) is 4.31 Å². The number of benzene rings is 2. The van der Waals surface area contributed by atoms with Crippen LogP contribution in [0.1, 0.15) is 18.9 Å². The summed E-state index contributed by atoms with van der Waals surface area (Å²) in [6.45, 7) is 3.36. The summed E-state index contributed by atoms with van der Waals surface area (Å²) in [5.41, 5.74) is 2.37. The third-order valence-corrected chi connectivity index (χ3v) is 5.97. The Bertz CT molecular complexity index is 811. The lowest BCUT2D eigenvalue weighted by molar-refractivity contribution is 0.340. The SMILES string of the molecule is CCOc1ccc(S(=O)(=O)N2CC=C(c3ccccc3)CC2)cc1. The first-order valence-corrected chi connectivity index (χ1v) is 9.52. The number of nitrogens with zero attached hydrogens (tertiary/aromatic N) is 1. The Morgan fingerprint density at radius 2 is 1.75 bits per heavy atom. The van der Waals surface area contributed by atoms with Crippen molar-refractivity contribution in [3.63, 3.8) is 0 Å². The van der Waals surface area contributed by atoms with E-state index in [1.165, 1.54) is 9.88 Å². The predicted molar refractivity (Wildman–Crippen MR) is 95.4 cm³/mol. The number of hydrogen-bond acceptors (Lipinski definition) is 3. The van der Waals surface area contributed by atoms with Crippen LogP contribution in [0.15, 0.2) is 65.6 Å². The van der Waals surface area contributed by atoms with Crippen LogP contribution in [0, 0.1) is 0 Å². The Morgan fingerprint density at radius 1 is 1.04 bits per heavy atom. The standard InChI is InChI=1S/C19H21NO3S/c1-2-23-18-8-10-19(11-9-18)24(21,22)20-14-12-17(13-15-20)16-6-4-3-5-7-16/h3-12H,2,13-15H2,1H3. The molecule has 0 unspecified atom stereocenters. The molecule has 0 spiro atoms. The van der Waals surface area contributed by atoms with Gasteiger partial charge in [0.05, 0.1) is 11.5 Å². The van der Waals surface area contributed by atoms with Crippen LogP contribution in [0.4, 0.5) is 0 Å². The van der Waals surface area contributed by atoms with Crippen molar-refractivity contribution < 1.29 is 13.2 Å². The normalized spacial score (nSPS) is 15.8. The van der Waals surface area contributed by atoms with Crippen LogP contribution in [0.25, 0.3) is 5.57 Å². The number of hydrogen-bond donors (Lipinski definition) is 0. The van der Waals surface area contributed by atoms with E-state index in [2.05, 4.69) is 12.1 Å². The number of ether oxygens (including phenoxy) is 1. The van der Waals surface area contributed by atoms with Gasteiger partial charge in [-0.25, -0.2) is 8.42 Å². The second-order valence-electron chi connectivity index (χ2n) is 5.61. The first-order chi connectivity index (χ1) is 11.6. The van der Waals surface area contributed by atoms with Crippen molar-refractivity contribution in [2.75, 3.05) is 19.7 Å². The van der Waals surface area contributed by atoms with E-state index in [0.717, 1.165) is 12.0 Å². The molecule has 0 aliphatic carbocycles. The average molecular weight is 343 g/mol. The summed E-state index contributed by atoms with van der Waals surface area (Å²) in [6.07, 6.45) is 2.73. The molecule has 0 atom stereocenters. The zero-order valence-corrected chi connectivity index (χ0v) is 14.5. The molecule has 126 valence electrons. The van der Waals surface area contributed by atoms with Gasteiger partial charge in [-0.3, -0.25) is 0 Å². The molecule has 24 heavy (non-hydrogen) atoms. The van der Waals surface area contributed by atoms with E-state index < -0.39 is 10.0 Å². The monoisotopic (exact) mass is 343 g/mol.